The van der Waals surface area contributed by atoms with Crippen molar-refractivity contribution in [2.24, 2.45) is 0 Å². The van der Waals surface area contributed by atoms with Crippen molar-refractivity contribution >= 4 is 19.9 Å². The summed E-state index contributed by atoms with van der Waals surface area (Å²) in [6.45, 7) is 8.31. The van der Waals surface area contributed by atoms with Gasteiger partial charge in [-0.1, -0.05) is 26.4 Å². The normalized spacial score (nSPS) is 15.3. The molecule has 0 aromatic rings. The maximum atomic E-state index is 2.76. The predicted molar refractivity (Wildman–Crippen MR) is 60.0 cm³/mol. The summed E-state index contributed by atoms with van der Waals surface area (Å²) in [5.41, 5.74) is 1.56. The Morgan fingerprint density at radius 3 is 2.45 bits per heavy atom. The zero-order valence-corrected chi connectivity index (χ0v) is 12.0. The maximum absolute atomic E-state index is 2.76. The van der Waals surface area contributed by atoms with E-state index >= 15 is 0 Å². The average molecular weight is 189 g/mol. The van der Waals surface area contributed by atoms with Crippen LogP contribution in [0.1, 0.15) is 33.6 Å². The first-order valence-electron chi connectivity index (χ1n) is 5.00. The van der Waals surface area contributed by atoms with Crippen LogP contribution in [0.2, 0.25) is 5.67 Å². The molecule has 0 aliphatic rings. The molecule has 0 amide bonds. The van der Waals surface area contributed by atoms with Crippen molar-refractivity contribution in [3.63, 3.8) is 0 Å². The number of nitrogens with zero attached hydrogens (tertiary/aromatic N) is 1. The molecule has 0 fully saturated rings. The first-order valence-corrected chi connectivity index (χ1v) is 8.04. The molecule has 1 atom stereocenters. The van der Waals surface area contributed by atoms with Crippen LogP contribution in [0.4, 0.5) is 0 Å². The molecule has 0 aliphatic heterocycles. The Bertz CT molecular complexity index is 82.2. The highest BCUT2D eigenvalue weighted by Gasteiger charge is 2.08. The Labute approximate surface area is 76.9 Å². The Balaban J connectivity index is 3.66. The third-order valence-corrected chi connectivity index (χ3v) is 5.54. The van der Waals surface area contributed by atoms with Crippen LogP contribution >= 0.6 is 0 Å². The summed E-state index contributed by atoms with van der Waals surface area (Å²) in [4.78, 5) is 0. The van der Waals surface area contributed by atoms with Crippen molar-refractivity contribution in [1.82, 2.24) is 4.57 Å². The molecule has 1 unspecified atom stereocenters. The van der Waals surface area contributed by atoms with Gasteiger partial charge in [0, 0.05) is 10.2 Å². The second-order valence-electron chi connectivity index (χ2n) is 3.29. The Morgan fingerprint density at radius 2 is 2.09 bits per heavy atom. The van der Waals surface area contributed by atoms with E-state index in [1.807, 2.05) is 0 Å². The van der Waals surface area contributed by atoms with Crippen LogP contribution in [0.5, 0.6) is 0 Å². The zero-order chi connectivity index (χ0) is 8.69. The second-order valence-corrected chi connectivity index (χ2v) is 8.55. The summed E-state index contributed by atoms with van der Waals surface area (Å²) in [7, 11) is 1.57. The van der Waals surface area contributed by atoms with Crippen molar-refractivity contribution < 1.29 is 0 Å². The van der Waals surface area contributed by atoms with Crippen LogP contribution in [0.3, 0.4) is 0 Å². The highest BCUT2D eigenvalue weighted by Crippen LogP contribution is 2.02. The van der Waals surface area contributed by atoms with Gasteiger partial charge in [0.25, 0.3) is 0 Å². The maximum Gasteiger partial charge on any atom is 0.0920 e. The van der Waals surface area contributed by atoms with Gasteiger partial charge < -0.3 is 4.57 Å². The third-order valence-electron chi connectivity index (χ3n) is 2.24. The minimum Gasteiger partial charge on any atom is -0.327 e. The van der Waals surface area contributed by atoms with Crippen molar-refractivity contribution in [3.05, 3.63) is 0 Å². The van der Waals surface area contributed by atoms with Crippen molar-refractivity contribution in [2.45, 2.75) is 45.3 Å². The molecule has 0 spiro atoms. The largest absolute Gasteiger partial charge is 0.327 e. The molecule has 68 valence electrons. The second kappa shape index (κ2) is 7.07. The summed E-state index contributed by atoms with van der Waals surface area (Å²) in [5, 5.41) is 0. The smallest absolute Gasteiger partial charge is 0.0920 e. The molecule has 0 bridgehead atoms. The van der Waals surface area contributed by atoms with E-state index in [2.05, 4.69) is 25.3 Å². The first-order chi connectivity index (χ1) is 5.26. The lowest BCUT2D eigenvalue weighted by Crippen LogP contribution is -2.36. The molecule has 0 rings (SSSR count). The van der Waals surface area contributed by atoms with Gasteiger partial charge >= 0.3 is 0 Å². The van der Waals surface area contributed by atoms with Crippen LogP contribution in [0, 0.1) is 0 Å². The fourth-order valence-corrected chi connectivity index (χ4v) is 4.92. The lowest BCUT2D eigenvalue weighted by molar-refractivity contribution is 0.342. The molecule has 0 N–H and O–H groups in total. The molecule has 0 heterocycles. The Hall–Kier alpha value is 0.394. The molecule has 0 aliphatic carbocycles. The van der Waals surface area contributed by atoms with Crippen LogP contribution in [0.15, 0.2) is 0 Å². The topological polar surface area (TPSA) is 3.24 Å². The molecule has 0 aromatic heterocycles. The standard InChI is InChI=1S/C8H23NSi2/c1-4-6-9(11-7-10)8(3)5-2/h8H,4-7,11H2,1-3,10H3. The van der Waals surface area contributed by atoms with Gasteiger partial charge in [-0.3, -0.25) is 0 Å². The van der Waals surface area contributed by atoms with Gasteiger partial charge in [0.05, 0.1) is 9.68 Å². The van der Waals surface area contributed by atoms with Crippen molar-refractivity contribution in [1.29, 1.82) is 0 Å². The quantitative estimate of drug-likeness (QED) is 0.544. The minimum atomic E-state index is 0.161. The Morgan fingerprint density at radius 1 is 1.45 bits per heavy atom. The fourth-order valence-electron chi connectivity index (χ4n) is 1.39. The molecule has 1 nitrogen and oxygen atoms in total. The van der Waals surface area contributed by atoms with E-state index in [4.69, 9.17) is 0 Å². The summed E-state index contributed by atoms with van der Waals surface area (Å²) in [6, 6.07) is 0.857. The molecule has 11 heavy (non-hydrogen) atoms. The van der Waals surface area contributed by atoms with E-state index in [0.717, 1.165) is 6.04 Å². The molecule has 3 heteroatoms. The van der Waals surface area contributed by atoms with Crippen molar-refractivity contribution in [2.75, 3.05) is 6.54 Å². The van der Waals surface area contributed by atoms with E-state index < -0.39 is 0 Å². The van der Waals surface area contributed by atoms with Gasteiger partial charge in [0.2, 0.25) is 0 Å². The summed E-state index contributed by atoms with van der Waals surface area (Å²) < 4.78 is 2.76. The minimum absolute atomic E-state index is 0.161. The molecular formula is C8H23NSi2. The average Bonchev–Trinajstić information content (AvgIpc) is 2.03. The molecule has 0 radical (unpaired) electrons. The third kappa shape index (κ3) is 4.77. The van der Waals surface area contributed by atoms with Gasteiger partial charge in [-0.05, 0) is 25.4 Å². The SMILES string of the molecule is CCCN([SiH2]C[SiH3])C(C)CC. The van der Waals surface area contributed by atoms with E-state index in [-0.39, 0.29) is 9.68 Å². The lowest BCUT2D eigenvalue weighted by atomic mass is 10.2. The van der Waals surface area contributed by atoms with Crippen LogP contribution in [0.25, 0.3) is 0 Å². The zero-order valence-electron chi connectivity index (χ0n) is 8.56. The molecule has 0 saturated carbocycles. The van der Waals surface area contributed by atoms with E-state index in [1.165, 1.54) is 29.6 Å². The number of rotatable bonds is 6. The first kappa shape index (κ1) is 11.4. The van der Waals surface area contributed by atoms with E-state index in [9.17, 15) is 0 Å². The number of hydrogen-bond acceptors (Lipinski definition) is 1. The van der Waals surface area contributed by atoms with E-state index in [0.29, 0.717) is 0 Å². The monoisotopic (exact) mass is 189 g/mol. The highest BCUT2D eigenvalue weighted by atomic mass is 28.3. The molecule has 0 aromatic carbocycles. The van der Waals surface area contributed by atoms with Gasteiger partial charge in [-0.25, -0.2) is 0 Å². The predicted octanol–water partition coefficient (Wildman–Crippen LogP) is 0.322. The fraction of sp³-hybridized carbons (Fsp3) is 1.00. The van der Waals surface area contributed by atoms with Crippen LogP contribution < -0.4 is 0 Å². The highest BCUT2D eigenvalue weighted by molar-refractivity contribution is 6.44. The Kier molecular flexibility index (Phi) is 7.32. The van der Waals surface area contributed by atoms with Crippen LogP contribution in [-0.4, -0.2) is 37.1 Å². The summed E-state index contributed by atoms with van der Waals surface area (Å²) >= 11 is 0. The number of hydrogen-bond donors (Lipinski definition) is 0. The van der Waals surface area contributed by atoms with Crippen LogP contribution in [-0.2, 0) is 0 Å². The van der Waals surface area contributed by atoms with Crippen molar-refractivity contribution in [3.8, 4) is 0 Å². The van der Waals surface area contributed by atoms with Gasteiger partial charge in [-0.15, -0.1) is 0 Å². The summed E-state index contributed by atoms with van der Waals surface area (Å²) in [6.07, 6.45) is 2.66. The van der Waals surface area contributed by atoms with Gasteiger partial charge in [0.15, 0.2) is 0 Å². The van der Waals surface area contributed by atoms with E-state index in [1.54, 1.807) is 5.67 Å². The summed E-state index contributed by atoms with van der Waals surface area (Å²) in [5.74, 6) is 0. The molecule has 0 saturated heterocycles. The van der Waals surface area contributed by atoms with Gasteiger partial charge in [-0.2, -0.15) is 0 Å². The lowest BCUT2D eigenvalue weighted by Gasteiger charge is -2.27. The molecular weight excluding hydrogens is 166 g/mol. The van der Waals surface area contributed by atoms with Gasteiger partial charge in [0.1, 0.15) is 0 Å².